The van der Waals surface area contributed by atoms with Crippen LogP contribution in [-0.2, 0) is 4.43 Å². The fraction of sp³-hybridized carbons (Fsp3) is 0.178. The number of rotatable bonds is 12. The van der Waals surface area contributed by atoms with E-state index in [4.69, 9.17) is 4.43 Å². The molecule has 6 aromatic rings. The summed E-state index contributed by atoms with van der Waals surface area (Å²) >= 11 is 2.92. The quantitative estimate of drug-likeness (QED) is 0.0699. The van der Waals surface area contributed by atoms with Crippen molar-refractivity contribution >= 4 is 67.0 Å². The molecule has 0 saturated carbocycles. The van der Waals surface area contributed by atoms with Gasteiger partial charge >= 0.3 is 315 Å². The molecular weight excluding hydrogens is 756 g/mol. The van der Waals surface area contributed by atoms with Crippen LogP contribution in [0.15, 0.2) is 182 Å². The van der Waals surface area contributed by atoms with Gasteiger partial charge in [0, 0.05) is 0 Å². The minimum absolute atomic E-state index is 0.151. The normalized spacial score (nSPS) is 14.0. The van der Waals surface area contributed by atoms with Gasteiger partial charge in [0.25, 0.3) is 0 Å². The van der Waals surface area contributed by atoms with Crippen LogP contribution in [0, 0.1) is 0 Å². The summed E-state index contributed by atoms with van der Waals surface area (Å²) in [5.74, 6) is 0. The summed E-state index contributed by atoms with van der Waals surface area (Å²) in [4.78, 5) is 4.30. The van der Waals surface area contributed by atoms with Gasteiger partial charge in [0.15, 0.2) is 0 Å². The van der Waals surface area contributed by atoms with Crippen molar-refractivity contribution in [3.05, 3.63) is 187 Å². The van der Waals surface area contributed by atoms with E-state index in [1.807, 2.05) is 12.4 Å². The van der Waals surface area contributed by atoms with Crippen LogP contribution in [0.1, 0.15) is 39.7 Å². The molecule has 0 bridgehead atoms. The summed E-state index contributed by atoms with van der Waals surface area (Å²) in [6.45, 7) is 9.37. The molecule has 1 atom stereocenters. The zero-order valence-electron chi connectivity index (χ0n) is 29.5. The standard InChI is InChI=1S/C45H47INOPSi/c1-37(36-38-30-33-47-34-31-38)44(48-50(45(2,3)4,42-26-16-8-17-27-42)43-28-18-9-19-29-43)32-35-49(46,39-20-10-5-11-21-39,40-22-12-6-13-23-40)41-24-14-7-15-25-41/h5-31,33-34,36,44H,32,35H2,1-4H3/b37-36+/t44-/m0/s1. The predicted octanol–water partition coefficient (Wildman–Crippen LogP) is 9.70. The van der Waals surface area contributed by atoms with E-state index < -0.39 is 12.6 Å². The second kappa shape index (κ2) is 15.3. The van der Waals surface area contributed by atoms with Crippen molar-refractivity contribution in [3.8, 4) is 0 Å². The molecule has 0 spiro atoms. The first-order valence-corrected chi connectivity index (χ1v) is 24.5. The molecule has 0 unspecified atom stereocenters. The molecule has 0 N–H and O–H groups in total. The minimum atomic E-state index is -3.07. The number of nitrogens with zero attached hydrogens (tertiary/aromatic N) is 1. The molecule has 1 aromatic heterocycles. The van der Waals surface area contributed by atoms with Crippen LogP contribution in [0.3, 0.4) is 0 Å². The number of halogens is 1. The Labute approximate surface area is 313 Å². The summed E-state index contributed by atoms with van der Waals surface area (Å²) < 4.78 is 4.96. The summed E-state index contributed by atoms with van der Waals surface area (Å²) in [7, 11) is -2.89. The molecule has 6 rings (SSSR count). The number of benzene rings is 5. The number of hydrogen-bond donors (Lipinski definition) is 0. The zero-order chi connectivity index (χ0) is 35.1. The Bertz CT molecular complexity index is 1850. The van der Waals surface area contributed by atoms with Gasteiger partial charge in [-0.15, -0.1) is 0 Å². The third-order valence-electron chi connectivity index (χ3n) is 10.0. The van der Waals surface area contributed by atoms with Crippen LogP contribution in [0.25, 0.3) is 6.08 Å². The Kier molecular flexibility index (Phi) is 11.0. The number of hydrogen-bond acceptors (Lipinski definition) is 2. The van der Waals surface area contributed by atoms with Crippen molar-refractivity contribution in [2.45, 2.75) is 45.3 Å². The fourth-order valence-corrected chi connectivity index (χ4v) is 20.8. The van der Waals surface area contributed by atoms with Gasteiger partial charge in [0.2, 0.25) is 0 Å². The molecule has 0 aliphatic rings. The van der Waals surface area contributed by atoms with Gasteiger partial charge < -0.3 is 0 Å². The average Bonchev–Trinajstić information content (AvgIpc) is 3.16. The van der Waals surface area contributed by atoms with E-state index in [9.17, 15) is 0 Å². The second-order valence-electron chi connectivity index (χ2n) is 14.1. The Morgan fingerprint density at radius 2 is 1.02 bits per heavy atom. The van der Waals surface area contributed by atoms with Gasteiger partial charge in [0.1, 0.15) is 0 Å². The maximum absolute atomic E-state index is 8.03. The molecule has 0 radical (unpaired) electrons. The first-order chi connectivity index (χ1) is 24.2. The molecule has 0 aliphatic heterocycles. The topological polar surface area (TPSA) is 22.1 Å². The van der Waals surface area contributed by atoms with Gasteiger partial charge in [-0.3, -0.25) is 0 Å². The molecule has 0 amide bonds. The van der Waals surface area contributed by atoms with Crippen molar-refractivity contribution in [2.75, 3.05) is 6.16 Å². The fourth-order valence-electron chi connectivity index (χ4n) is 7.51. The zero-order valence-corrected chi connectivity index (χ0v) is 33.5. The van der Waals surface area contributed by atoms with Crippen LogP contribution < -0.4 is 26.3 Å². The molecule has 0 aliphatic carbocycles. The molecule has 5 aromatic carbocycles. The van der Waals surface area contributed by atoms with Crippen molar-refractivity contribution in [1.82, 2.24) is 4.98 Å². The van der Waals surface area contributed by atoms with E-state index in [1.54, 1.807) is 0 Å². The van der Waals surface area contributed by atoms with E-state index in [1.165, 1.54) is 31.9 Å². The van der Waals surface area contributed by atoms with Crippen molar-refractivity contribution in [3.63, 3.8) is 0 Å². The SMILES string of the molecule is C/C(=C\c1ccncc1)[C@H](CCP(I)(c1ccccc1)(c1ccccc1)c1ccccc1)O[Si](c1ccccc1)(c1ccccc1)C(C)(C)C. The van der Waals surface area contributed by atoms with E-state index in [0.717, 1.165) is 18.1 Å². The molecule has 50 heavy (non-hydrogen) atoms. The molecule has 5 heteroatoms. The molecule has 2 nitrogen and oxygen atoms in total. The maximum atomic E-state index is 8.03. The Hall–Kier alpha value is -3.67. The van der Waals surface area contributed by atoms with Gasteiger partial charge in [-0.1, -0.05) is 0 Å². The van der Waals surface area contributed by atoms with Crippen molar-refractivity contribution in [1.29, 1.82) is 0 Å². The van der Waals surface area contributed by atoms with Crippen LogP contribution in [0.2, 0.25) is 5.04 Å². The molecule has 1 heterocycles. The Balaban J connectivity index is 1.58. The van der Waals surface area contributed by atoms with Crippen LogP contribution in [0.5, 0.6) is 0 Å². The number of pyridine rings is 1. The van der Waals surface area contributed by atoms with E-state index >= 15 is 0 Å². The van der Waals surface area contributed by atoms with Crippen LogP contribution in [-0.4, -0.2) is 25.6 Å². The second-order valence-corrected chi connectivity index (χ2v) is 29.1. The number of aromatic nitrogens is 1. The molecule has 0 saturated heterocycles. The van der Waals surface area contributed by atoms with E-state index in [2.05, 4.69) is 225 Å². The molecular formula is C45H47INOPSi. The van der Waals surface area contributed by atoms with Crippen LogP contribution >= 0.6 is 26.3 Å². The van der Waals surface area contributed by atoms with Crippen LogP contribution in [0.4, 0.5) is 0 Å². The average molecular weight is 804 g/mol. The summed E-state index contributed by atoms with van der Waals surface area (Å²) in [5.41, 5.74) is 2.36. The first-order valence-electron chi connectivity index (χ1n) is 17.4. The van der Waals surface area contributed by atoms with Crippen molar-refractivity contribution in [2.24, 2.45) is 0 Å². The molecule has 254 valence electrons. The monoisotopic (exact) mass is 803 g/mol. The Morgan fingerprint density at radius 3 is 1.40 bits per heavy atom. The molecule has 0 fully saturated rings. The third kappa shape index (κ3) is 6.96. The van der Waals surface area contributed by atoms with Gasteiger partial charge in [0.05, 0.1) is 0 Å². The van der Waals surface area contributed by atoms with E-state index in [0.29, 0.717) is 0 Å². The summed E-state index contributed by atoms with van der Waals surface area (Å²) in [6.07, 6.45) is 7.68. The summed E-state index contributed by atoms with van der Waals surface area (Å²) in [5, 5.41) is 6.59. The van der Waals surface area contributed by atoms with Crippen molar-refractivity contribution < 1.29 is 4.43 Å². The van der Waals surface area contributed by atoms with E-state index in [-0.39, 0.29) is 11.1 Å². The van der Waals surface area contributed by atoms with Gasteiger partial charge in [-0.2, -0.15) is 0 Å². The predicted molar refractivity (Wildman–Crippen MR) is 229 cm³/mol. The first kappa shape index (κ1) is 36.1. The van der Waals surface area contributed by atoms with Gasteiger partial charge in [-0.25, -0.2) is 0 Å². The Morgan fingerprint density at radius 1 is 0.640 bits per heavy atom. The van der Waals surface area contributed by atoms with Gasteiger partial charge in [-0.05, 0) is 0 Å². The summed E-state index contributed by atoms with van der Waals surface area (Å²) in [6, 6.07) is 59.9. The third-order valence-corrected chi connectivity index (χ3v) is 26.8.